The number of fused-ring (bicyclic) bond motifs is 1. The number of methoxy groups -OCH3 is 2. The summed E-state index contributed by atoms with van der Waals surface area (Å²) in [4.78, 5) is 19.6. The number of ether oxygens (including phenoxy) is 3. The van der Waals surface area contributed by atoms with Gasteiger partial charge >= 0.3 is 5.63 Å². The van der Waals surface area contributed by atoms with E-state index in [4.69, 9.17) is 18.6 Å². The number of hydrogen-bond donors (Lipinski definition) is 1. The van der Waals surface area contributed by atoms with E-state index >= 15 is 0 Å². The lowest BCUT2D eigenvalue weighted by atomic mass is 9.98. The molecule has 0 spiro atoms. The molecule has 9 nitrogen and oxygen atoms in total. The zero-order valence-electron chi connectivity index (χ0n) is 21.3. The van der Waals surface area contributed by atoms with Crippen molar-refractivity contribution in [2.45, 2.75) is 44.9 Å². The van der Waals surface area contributed by atoms with Crippen molar-refractivity contribution in [2.24, 2.45) is 0 Å². The molecule has 36 heavy (non-hydrogen) atoms. The number of benzene rings is 1. The van der Waals surface area contributed by atoms with Crippen molar-refractivity contribution in [3.05, 3.63) is 51.1 Å². The van der Waals surface area contributed by atoms with Gasteiger partial charge in [0.2, 0.25) is 0 Å². The molecule has 0 aliphatic carbocycles. The first-order valence-corrected chi connectivity index (χ1v) is 12.9. The van der Waals surface area contributed by atoms with Crippen molar-refractivity contribution < 1.29 is 23.7 Å². The van der Waals surface area contributed by atoms with E-state index in [0.717, 1.165) is 77.5 Å². The Morgan fingerprint density at radius 3 is 2.33 bits per heavy atom. The van der Waals surface area contributed by atoms with Crippen LogP contribution in [0.5, 0.6) is 17.2 Å². The first-order chi connectivity index (χ1) is 17.6. The molecule has 2 fully saturated rings. The molecular formula is C27H37N3O6. The van der Waals surface area contributed by atoms with E-state index in [1.807, 2.05) is 12.1 Å². The van der Waals surface area contributed by atoms with Crippen LogP contribution in [0.3, 0.4) is 0 Å². The average molecular weight is 500 g/mol. The van der Waals surface area contributed by atoms with E-state index in [0.29, 0.717) is 36.0 Å². The Hall–Kier alpha value is -2.59. The van der Waals surface area contributed by atoms with Gasteiger partial charge in [-0.2, -0.15) is 0 Å². The molecule has 196 valence electrons. The smallest absolute Gasteiger partial charge is 0.343 e. The number of hydrogen-bond acceptors (Lipinski definition) is 9. The summed E-state index contributed by atoms with van der Waals surface area (Å²) in [5.41, 5.74) is 2.97. The van der Waals surface area contributed by atoms with E-state index in [-0.39, 0.29) is 5.75 Å². The molecule has 3 aliphatic rings. The molecule has 4 heterocycles. The third-order valence-electron chi connectivity index (χ3n) is 7.83. The third kappa shape index (κ3) is 5.39. The van der Waals surface area contributed by atoms with Gasteiger partial charge in [-0.15, -0.1) is 0 Å². The van der Waals surface area contributed by atoms with E-state index in [9.17, 15) is 9.90 Å². The highest BCUT2D eigenvalue weighted by molar-refractivity contribution is 5.48. The van der Waals surface area contributed by atoms with Gasteiger partial charge in [-0.1, -0.05) is 0 Å². The van der Waals surface area contributed by atoms with E-state index < -0.39 is 5.63 Å². The van der Waals surface area contributed by atoms with Crippen LogP contribution in [0, 0.1) is 0 Å². The predicted molar refractivity (Wildman–Crippen MR) is 135 cm³/mol. The molecule has 2 aromatic rings. The minimum atomic E-state index is -0.455. The number of piperazine rings is 1. The first-order valence-electron chi connectivity index (χ1n) is 12.9. The topological polar surface area (TPSA) is 87.9 Å². The van der Waals surface area contributed by atoms with Crippen LogP contribution in [0.2, 0.25) is 0 Å². The highest BCUT2D eigenvalue weighted by Crippen LogP contribution is 2.34. The molecule has 1 aromatic carbocycles. The summed E-state index contributed by atoms with van der Waals surface area (Å²) in [6, 6.07) is 4.67. The maximum absolute atomic E-state index is 12.5. The van der Waals surface area contributed by atoms with Gasteiger partial charge in [0.15, 0.2) is 11.5 Å². The molecule has 2 saturated heterocycles. The standard InChI is InChI=1S/C27H37N3O6/c1-33-24-13-19-3-6-29(15-20(19)14-25(24)34-2)16-21-18-36-27(32)23(26(21)31)17-28-7-9-30(10-8-28)22-4-11-35-12-5-22/h13-14,18,22,31H,3-12,15-17H2,1-2H3. The van der Waals surface area contributed by atoms with Crippen LogP contribution in [0.4, 0.5) is 0 Å². The molecular weight excluding hydrogens is 462 g/mol. The Balaban J connectivity index is 1.23. The van der Waals surface area contributed by atoms with Crippen molar-refractivity contribution in [2.75, 3.05) is 60.2 Å². The fraction of sp³-hybridized carbons (Fsp3) is 0.593. The Labute approximate surface area is 212 Å². The third-order valence-corrected chi connectivity index (χ3v) is 7.83. The van der Waals surface area contributed by atoms with Crippen LogP contribution in [-0.4, -0.2) is 86.0 Å². The first kappa shape index (κ1) is 25.1. The number of rotatable bonds is 7. The van der Waals surface area contributed by atoms with Gasteiger partial charge in [0.05, 0.1) is 19.8 Å². The van der Waals surface area contributed by atoms with Crippen molar-refractivity contribution >= 4 is 0 Å². The van der Waals surface area contributed by atoms with Crippen LogP contribution in [0.25, 0.3) is 0 Å². The molecule has 0 saturated carbocycles. The van der Waals surface area contributed by atoms with E-state index in [1.165, 1.54) is 17.4 Å². The minimum Gasteiger partial charge on any atom is -0.507 e. The van der Waals surface area contributed by atoms with Gasteiger partial charge in [-0.3, -0.25) is 14.7 Å². The van der Waals surface area contributed by atoms with Crippen LogP contribution in [-0.2, 0) is 30.8 Å². The Morgan fingerprint density at radius 1 is 0.944 bits per heavy atom. The van der Waals surface area contributed by atoms with Crippen LogP contribution in [0.15, 0.2) is 27.6 Å². The van der Waals surface area contributed by atoms with Gasteiger partial charge in [0.1, 0.15) is 12.0 Å². The summed E-state index contributed by atoms with van der Waals surface area (Å²) in [5.74, 6) is 1.52. The lowest BCUT2D eigenvalue weighted by Crippen LogP contribution is -2.51. The second-order valence-corrected chi connectivity index (χ2v) is 9.97. The van der Waals surface area contributed by atoms with Gasteiger partial charge in [0, 0.05) is 77.2 Å². The second-order valence-electron chi connectivity index (χ2n) is 9.97. The summed E-state index contributed by atoms with van der Waals surface area (Å²) in [6.07, 6.45) is 4.47. The lowest BCUT2D eigenvalue weighted by Gasteiger charge is -2.40. The van der Waals surface area contributed by atoms with Crippen molar-refractivity contribution in [1.29, 1.82) is 0 Å². The van der Waals surface area contributed by atoms with E-state index in [2.05, 4.69) is 14.7 Å². The van der Waals surface area contributed by atoms with Crippen molar-refractivity contribution in [1.82, 2.24) is 14.7 Å². The summed E-state index contributed by atoms with van der Waals surface area (Å²) in [6.45, 7) is 7.84. The molecule has 9 heteroatoms. The van der Waals surface area contributed by atoms with E-state index in [1.54, 1.807) is 14.2 Å². The number of nitrogens with zero attached hydrogens (tertiary/aromatic N) is 3. The maximum Gasteiger partial charge on any atom is 0.343 e. The summed E-state index contributed by atoms with van der Waals surface area (Å²) in [5, 5.41) is 11.1. The predicted octanol–water partition coefficient (Wildman–Crippen LogP) is 2.22. The molecule has 5 rings (SSSR count). The lowest BCUT2D eigenvalue weighted by molar-refractivity contribution is 0.0123. The quantitative estimate of drug-likeness (QED) is 0.616. The molecule has 1 N–H and O–H groups in total. The van der Waals surface area contributed by atoms with Crippen LogP contribution in [0.1, 0.15) is 35.1 Å². The Kier molecular flexibility index (Phi) is 7.81. The summed E-state index contributed by atoms with van der Waals surface area (Å²) < 4.78 is 21.8. The van der Waals surface area contributed by atoms with Crippen LogP contribution >= 0.6 is 0 Å². The normalized spacial score (nSPS) is 20.3. The Bertz CT molecular complexity index is 1110. The molecule has 0 bridgehead atoms. The van der Waals surface area contributed by atoms with Gasteiger partial charge in [-0.25, -0.2) is 4.79 Å². The average Bonchev–Trinajstić information content (AvgIpc) is 2.92. The second kappa shape index (κ2) is 11.2. The highest BCUT2D eigenvalue weighted by atomic mass is 16.5. The zero-order chi connectivity index (χ0) is 25.1. The maximum atomic E-state index is 12.5. The molecule has 0 amide bonds. The van der Waals surface area contributed by atoms with Crippen molar-refractivity contribution in [3.63, 3.8) is 0 Å². The minimum absolute atomic E-state index is 0.0659. The molecule has 0 atom stereocenters. The highest BCUT2D eigenvalue weighted by Gasteiger charge is 2.27. The fourth-order valence-corrected chi connectivity index (χ4v) is 5.67. The van der Waals surface area contributed by atoms with Crippen LogP contribution < -0.4 is 15.1 Å². The SMILES string of the molecule is COc1cc2c(cc1OC)CN(Cc1coc(=O)c(CN3CCN(C4CCOCC4)CC3)c1O)CC2. The van der Waals surface area contributed by atoms with Gasteiger partial charge in [-0.05, 0) is 42.5 Å². The molecule has 0 unspecified atom stereocenters. The summed E-state index contributed by atoms with van der Waals surface area (Å²) in [7, 11) is 3.29. The largest absolute Gasteiger partial charge is 0.507 e. The van der Waals surface area contributed by atoms with Crippen molar-refractivity contribution in [3.8, 4) is 17.2 Å². The fourth-order valence-electron chi connectivity index (χ4n) is 5.67. The monoisotopic (exact) mass is 499 g/mol. The Morgan fingerprint density at radius 2 is 1.64 bits per heavy atom. The molecule has 1 aromatic heterocycles. The zero-order valence-corrected chi connectivity index (χ0v) is 21.3. The van der Waals surface area contributed by atoms with Gasteiger partial charge in [0.25, 0.3) is 0 Å². The number of aromatic hydroxyl groups is 1. The molecule has 0 radical (unpaired) electrons. The van der Waals surface area contributed by atoms with Gasteiger partial charge < -0.3 is 23.7 Å². The molecule has 3 aliphatic heterocycles. The summed E-state index contributed by atoms with van der Waals surface area (Å²) >= 11 is 0.